The molecule has 0 N–H and O–H groups in total. The summed E-state index contributed by atoms with van der Waals surface area (Å²) in [5.41, 5.74) is 5.28. The normalized spacial score (nSPS) is 21.6. The Morgan fingerprint density at radius 1 is 0.935 bits per heavy atom. The summed E-state index contributed by atoms with van der Waals surface area (Å²) in [5, 5.41) is 6.69. The number of hydrogen-bond donors (Lipinski definition) is 0. The van der Waals surface area contributed by atoms with Gasteiger partial charge in [0, 0.05) is 16.0 Å². The molecule has 0 saturated heterocycles. The van der Waals surface area contributed by atoms with Gasteiger partial charge in [-0.05, 0) is 66.3 Å². The summed E-state index contributed by atoms with van der Waals surface area (Å²) in [4.78, 5) is 13.5. The Labute approximate surface area is 191 Å². The molecule has 1 heterocycles. The molecule has 3 aromatic rings. The van der Waals surface area contributed by atoms with Crippen LogP contribution >= 0.6 is 15.9 Å². The van der Waals surface area contributed by atoms with Crippen molar-refractivity contribution < 1.29 is 4.79 Å². The third kappa shape index (κ3) is 4.00. The summed E-state index contributed by atoms with van der Waals surface area (Å²) in [6.07, 6.45) is 5.37. The topological polar surface area (TPSA) is 32.7 Å². The molecule has 1 fully saturated rings. The molecule has 3 aromatic carbocycles. The monoisotopic (exact) mass is 470 g/mol. The van der Waals surface area contributed by atoms with Crippen LogP contribution in [0.4, 0.5) is 0 Å². The number of rotatable bonds is 3. The fourth-order valence-corrected chi connectivity index (χ4v) is 4.89. The molecule has 31 heavy (non-hydrogen) atoms. The van der Waals surface area contributed by atoms with Crippen LogP contribution in [0.5, 0.6) is 0 Å². The molecule has 5 rings (SSSR count). The van der Waals surface area contributed by atoms with Gasteiger partial charge in [-0.1, -0.05) is 76.6 Å². The van der Waals surface area contributed by atoms with Gasteiger partial charge in [0.2, 0.25) is 0 Å². The first-order valence-electron chi connectivity index (χ1n) is 10.7. The lowest BCUT2D eigenvalue weighted by molar-refractivity contribution is 0.0681. The Balaban J connectivity index is 1.57. The lowest BCUT2D eigenvalue weighted by atomic mass is 9.77. The number of hydrazone groups is 1. The zero-order valence-corrected chi connectivity index (χ0v) is 18.7. The fourth-order valence-electron chi connectivity index (χ4n) is 4.63. The average molecular weight is 471 g/mol. The molecule has 3 nitrogen and oxygen atoms in total. The van der Waals surface area contributed by atoms with Gasteiger partial charge >= 0.3 is 0 Å². The molecule has 0 radical (unpaired) electrons. The van der Waals surface area contributed by atoms with Crippen molar-refractivity contribution in [2.45, 2.75) is 25.3 Å². The Morgan fingerprint density at radius 3 is 2.32 bits per heavy atom. The van der Waals surface area contributed by atoms with Crippen molar-refractivity contribution in [2.24, 2.45) is 11.0 Å². The summed E-state index contributed by atoms with van der Waals surface area (Å²) in [6, 6.07) is 28.1. The van der Waals surface area contributed by atoms with Gasteiger partial charge in [-0.25, -0.2) is 5.01 Å². The van der Waals surface area contributed by atoms with Crippen LogP contribution in [0.3, 0.4) is 0 Å². The van der Waals surface area contributed by atoms with E-state index in [4.69, 9.17) is 5.10 Å². The van der Waals surface area contributed by atoms with Crippen LogP contribution in [-0.4, -0.2) is 16.6 Å². The number of hydrogen-bond acceptors (Lipinski definition) is 2. The summed E-state index contributed by atoms with van der Waals surface area (Å²) >= 11 is 3.46. The largest absolute Gasteiger partial charge is 0.274 e. The van der Waals surface area contributed by atoms with Gasteiger partial charge in [0.15, 0.2) is 0 Å². The smallest absolute Gasteiger partial charge is 0.267 e. The highest BCUT2D eigenvalue weighted by Crippen LogP contribution is 2.44. The van der Waals surface area contributed by atoms with E-state index in [1.165, 1.54) is 11.1 Å². The van der Waals surface area contributed by atoms with Crippen molar-refractivity contribution in [3.8, 4) is 0 Å². The molecule has 0 unspecified atom stereocenters. The van der Waals surface area contributed by atoms with Crippen molar-refractivity contribution in [1.29, 1.82) is 0 Å². The molecule has 1 aliphatic carbocycles. The van der Waals surface area contributed by atoms with Crippen molar-refractivity contribution in [1.82, 2.24) is 5.01 Å². The molecule has 154 valence electrons. The number of allylic oxidation sites excluding steroid dienone is 1. The second-order valence-corrected chi connectivity index (χ2v) is 8.99. The van der Waals surface area contributed by atoms with E-state index in [0.29, 0.717) is 5.56 Å². The number of halogens is 1. The van der Waals surface area contributed by atoms with E-state index < -0.39 is 0 Å². The van der Waals surface area contributed by atoms with Crippen LogP contribution < -0.4 is 0 Å². The summed E-state index contributed by atoms with van der Waals surface area (Å²) in [7, 11) is 0. The molecule has 0 aromatic heterocycles. The van der Waals surface area contributed by atoms with Crippen LogP contribution in [0.25, 0.3) is 6.08 Å². The Bertz CT molecular complexity index is 1140. The maximum Gasteiger partial charge on any atom is 0.274 e. The van der Waals surface area contributed by atoms with E-state index >= 15 is 0 Å². The molecule has 1 amide bonds. The van der Waals surface area contributed by atoms with Gasteiger partial charge in [0.05, 0.1) is 11.8 Å². The first-order chi connectivity index (χ1) is 15.2. The standard InChI is InChI=1S/C27H23BrN2O/c28-23-16-14-21(15-17-23)27(31)30-26(20-10-5-2-6-11-20)24-13-7-12-22(25(24)29-30)18-19-8-3-1-4-9-19/h1-6,8-11,14-18,24,26H,7,12-13H2/b22-18-/t24-,26-/m0/s1. The quantitative estimate of drug-likeness (QED) is 0.410. The zero-order valence-electron chi connectivity index (χ0n) is 17.1. The van der Waals surface area contributed by atoms with E-state index in [2.05, 4.69) is 58.4 Å². The van der Waals surface area contributed by atoms with Crippen LogP contribution in [0, 0.1) is 5.92 Å². The van der Waals surface area contributed by atoms with E-state index in [9.17, 15) is 4.79 Å². The molecule has 0 spiro atoms. The number of carbonyl (C=O) groups excluding carboxylic acids is 1. The average Bonchev–Trinajstić information content (AvgIpc) is 3.21. The summed E-state index contributed by atoms with van der Waals surface area (Å²) in [5.74, 6) is 0.160. The minimum Gasteiger partial charge on any atom is -0.267 e. The van der Waals surface area contributed by atoms with Crippen molar-refractivity contribution >= 4 is 33.6 Å². The Morgan fingerprint density at radius 2 is 1.61 bits per heavy atom. The first kappa shape index (κ1) is 20.0. The molecular formula is C27H23BrN2O. The Kier molecular flexibility index (Phi) is 5.56. The fraction of sp³-hybridized carbons (Fsp3) is 0.185. The van der Waals surface area contributed by atoms with Crippen LogP contribution in [0.1, 0.15) is 46.8 Å². The molecule has 1 aliphatic heterocycles. The third-order valence-corrected chi connectivity index (χ3v) is 6.61. The highest BCUT2D eigenvalue weighted by Gasteiger charge is 2.43. The number of nitrogens with zero attached hydrogens (tertiary/aromatic N) is 2. The molecule has 0 bridgehead atoms. The van der Waals surface area contributed by atoms with E-state index in [1.54, 1.807) is 5.01 Å². The van der Waals surface area contributed by atoms with Crippen molar-refractivity contribution in [3.63, 3.8) is 0 Å². The number of fused-ring (bicyclic) bond motifs is 1. The molecule has 4 heteroatoms. The second kappa shape index (κ2) is 8.64. The maximum atomic E-state index is 13.5. The highest BCUT2D eigenvalue weighted by atomic mass is 79.9. The van der Waals surface area contributed by atoms with Crippen LogP contribution in [0.2, 0.25) is 0 Å². The number of carbonyl (C=O) groups is 1. The Hall–Kier alpha value is -2.98. The van der Waals surface area contributed by atoms with Gasteiger partial charge in [0.25, 0.3) is 5.91 Å². The third-order valence-electron chi connectivity index (χ3n) is 6.08. The molecule has 2 aliphatic rings. The number of amides is 1. The van der Waals surface area contributed by atoms with E-state index in [0.717, 1.165) is 35.0 Å². The van der Waals surface area contributed by atoms with Crippen LogP contribution in [0.15, 0.2) is 100 Å². The van der Waals surface area contributed by atoms with Gasteiger partial charge in [-0.3, -0.25) is 4.79 Å². The SMILES string of the molecule is O=C(c1ccc(Br)cc1)N1N=C2/C(=C\c3ccccc3)CCC[C@@H]2[C@@H]1c1ccccc1. The van der Waals surface area contributed by atoms with Gasteiger partial charge in [-0.15, -0.1) is 0 Å². The molecule has 1 saturated carbocycles. The van der Waals surface area contributed by atoms with E-state index in [1.807, 2.05) is 48.5 Å². The summed E-state index contributed by atoms with van der Waals surface area (Å²) < 4.78 is 0.957. The van der Waals surface area contributed by atoms with Gasteiger partial charge in [0.1, 0.15) is 0 Å². The second-order valence-electron chi connectivity index (χ2n) is 8.08. The maximum absolute atomic E-state index is 13.5. The van der Waals surface area contributed by atoms with Crippen molar-refractivity contribution in [3.05, 3.63) is 112 Å². The minimum atomic E-state index is -0.0770. The predicted molar refractivity (Wildman–Crippen MR) is 129 cm³/mol. The molecular weight excluding hydrogens is 448 g/mol. The first-order valence-corrected chi connectivity index (χ1v) is 11.5. The summed E-state index contributed by atoms with van der Waals surface area (Å²) in [6.45, 7) is 0. The lowest BCUT2D eigenvalue weighted by Crippen LogP contribution is -2.31. The molecule has 2 atom stereocenters. The van der Waals surface area contributed by atoms with Crippen LogP contribution in [-0.2, 0) is 0 Å². The zero-order chi connectivity index (χ0) is 21.2. The van der Waals surface area contributed by atoms with Gasteiger partial charge in [-0.2, -0.15) is 5.10 Å². The van der Waals surface area contributed by atoms with E-state index in [-0.39, 0.29) is 17.9 Å². The minimum absolute atomic E-state index is 0.0534. The number of benzene rings is 3. The van der Waals surface area contributed by atoms with Gasteiger partial charge < -0.3 is 0 Å². The predicted octanol–water partition coefficient (Wildman–Crippen LogP) is 6.89. The lowest BCUT2D eigenvalue weighted by Gasteiger charge is -2.29. The highest BCUT2D eigenvalue weighted by molar-refractivity contribution is 9.10. The van der Waals surface area contributed by atoms with Crippen molar-refractivity contribution in [2.75, 3.05) is 0 Å².